The zero-order chi connectivity index (χ0) is 20.8. The molecule has 0 bridgehead atoms. The number of amides is 2. The quantitative estimate of drug-likeness (QED) is 0.383. The maximum Gasteiger partial charge on any atom is 0.320 e. The molecule has 0 aliphatic heterocycles. The smallest absolute Gasteiger partial charge is 0.320 e. The molecule has 3 rings (SSSR count). The molecule has 1 heterocycles. The fraction of sp³-hybridized carbons (Fsp3) is 0.0500. The van der Waals surface area contributed by atoms with Crippen LogP contribution in [0.1, 0.15) is 11.1 Å². The van der Waals surface area contributed by atoms with E-state index in [4.69, 9.17) is 28.6 Å². The van der Waals surface area contributed by atoms with Gasteiger partial charge in [-0.2, -0.15) is 0 Å². The predicted molar refractivity (Wildman–Crippen MR) is 114 cm³/mol. The van der Waals surface area contributed by atoms with Crippen LogP contribution in [0.15, 0.2) is 54.7 Å². The van der Waals surface area contributed by atoms with E-state index in [2.05, 4.69) is 20.9 Å². The molecule has 0 aliphatic rings. The van der Waals surface area contributed by atoms with Gasteiger partial charge in [-0.15, -0.1) is 0 Å². The van der Waals surface area contributed by atoms with Gasteiger partial charge >= 0.3 is 6.03 Å². The SMILES string of the molecule is N=Cc1cc(NC(=O)NCc2ccc(Cl)c(Cl)c2)ncc1Nc1ccc(F)cc1. The Hall–Kier alpha value is -3.16. The Labute approximate surface area is 176 Å². The summed E-state index contributed by atoms with van der Waals surface area (Å²) in [7, 11) is 0. The van der Waals surface area contributed by atoms with Crippen molar-refractivity contribution in [2.75, 3.05) is 10.6 Å². The number of rotatable bonds is 6. The average molecular weight is 432 g/mol. The molecule has 9 heteroatoms. The van der Waals surface area contributed by atoms with Crippen LogP contribution in [-0.4, -0.2) is 17.2 Å². The van der Waals surface area contributed by atoms with Crippen LogP contribution >= 0.6 is 23.2 Å². The molecule has 6 nitrogen and oxygen atoms in total. The minimum atomic E-state index is -0.459. The molecule has 0 unspecified atom stereocenters. The monoisotopic (exact) mass is 431 g/mol. The third-order valence-electron chi connectivity index (χ3n) is 3.89. The summed E-state index contributed by atoms with van der Waals surface area (Å²) < 4.78 is 13.0. The van der Waals surface area contributed by atoms with Gasteiger partial charge in [0, 0.05) is 24.0 Å². The average Bonchev–Trinajstić information content (AvgIpc) is 2.71. The van der Waals surface area contributed by atoms with Crippen LogP contribution in [-0.2, 0) is 6.54 Å². The number of nitrogens with one attached hydrogen (secondary N) is 4. The first-order chi connectivity index (χ1) is 13.9. The van der Waals surface area contributed by atoms with Crippen LogP contribution < -0.4 is 16.0 Å². The third kappa shape index (κ3) is 5.66. The number of hydrogen-bond donors (Lipinski definition) is 4. The number of urea groups is 1. The predicted octanol–water partition coefficient (Wildman–Crippen LogP) is 5.59. The van der Waals surface area contributed by atoms with Crippen molar-refractivity contribution in [3.63, 3.8) is 0 Å². The summed E-state index contributed by atoms with van der Waals surface area (Å²) in [5.41, 5.74) is 2.50. The summed E-state index contributed by atoms with van der Waals surface area (Å²) in [4.78, 5) is 16.3. The van der Waals surface area contributed by atoms with Crippen molar-refractivity contribution in [3.8, 4) is 0 Å². The Balaban J connectivity index is 1.62. The largest absolute Gasteiger partial charge is 0.354 e. The van der Waals surface area contributed by atoms with Crippen molar-refractivity contribution in [3.05, 3.63) is 81.7 Å². The lowest BCUT2D eigenvalue weighted by Gasteiger charge is -2.12. The maximum atomic E-state index is 13.0. The van der Waals surface area contributed by atoms with Crippen LogP contribution in [0.3, 0.4) is 0 Å². The number of halogens is 3. The lowest BCUT2D eigenvalue weighted by Crippen LogP contribution is -2.28. The van der Waals surface area contributed by atoms with Crippen LogP contribution in [0.25, 0.3) is 0 Å². The first kappa shape index (κ1) is 20.6. The molecule has 2 amide bonds. The summed E-state index contributed by atoms with van der Waals surface area (Å²) in [5, 5.41) is 16.8. The first-order valence-corrected chi connectivity index (χ1v) is 9.22. The molecule has 148 valence electrons. The summed E-state index contributed by atoms with van der Waals surface area (Å²) >= 11 is 11.8. The third-order valence-corrected chi connectivity index (χ3v) is 4.63. The van der Waals surface area contributed by atoms with E-state index in [-0.39, 0.29) is 18.2 Å². The second-order valence-electron chi connectivity index (χ2n) is 5.99. The Bertz CT molecular complexity index is 1040. The van der Waals surface area contributed by atoms with Crippen LogP contribution in [0.2, 0.25) is 10.0 Å². The Morgan fingerprint density at radius 2 is 1.86 bits per heavy atom. The summed E-state index contributed by atoms with van der Waals surface area (Å²) in [6.07, 6.45) is 2.62. The molecule has 0 spiro atoms. The number of anilines is 3. The lowest BCUT2D eigenvalue weighted by atomic mass is 10.2. The van der Waals surface area contributed by atoms with Gasteiger partial charge in [-0.25, -0.2) is 14.2 Å². The van der Waals surface area contributed by atoms with Gasteiger partial charge in [-0.3, -0.25) is 5.32 Å². The van der Waals surface area contributed by atoms with Gasteiger partial charge in [0.2, 0.25) is 0 Å². The van der Waals surface area contributed by atoms with Crippen molar-refractivity contribution in [2.45, 2.75) is 6.54 Å². The molecule has 0 radical (unpaired) electrons. The van der Waals surface area contributed by atoms with E-state index in [0.717, 1.165) is 11.8 Å². The number of carbonyl (C=O) groups is 1. The van der Waals surface area contributed by atoms with Crippen molar-refractivity contribution in [1.29, 1.82) is 5.41 Å². The number of hydrogen-bond acceptors (Lipinski definition) is 4. The van der Waals surface area contributed by atoms with Gasteiger partial charge in [0.1, 0.15) is 11.6 Å². The fourth-order valence-corrected chi connectivity index (χ4v) is 2.77. The second-order valence-corrected chi connectivity index (χ2v) is 6.80. The lowest BCUT2D eigenvalue weighted by molar-refractivity contribution is 0.251. The Kier molecular flexibility index (Phi) is 6.64. The molecule has 0 saturated heterocycles. The summed E-state index contributed by atoms with van der Waals surface area (Å²) in [5.74, 6) is -0.0628. The fourth-order valence-electron chi connectivity index (χ4n) is 2.44. The molecule has 0 fully saturated rings. The summed E-state index contributed by atoms with van der Waals surface area (Å²) in [6.45, 7) is 0.254. The second kappa shape index (κ2) is 9.36. The van der Waals surface area contributed by atoms with Crippen molar-refractivity contribution in [2.24, 2.45) is 0 Å². The molecule has 0 saturated carbocycles. The van der Waals surface area contributed by atoms with Gasteiger partial charge in [0.05, 0.1) is 21.9 Å². The van der Waals surface area contributed by atoms with E-state index in [1.54, 1.807) is 36.4 Å². The maximum absolute atomic E-state index is 13.0. The standard InChI is InChI=1S/C20H16Cl2FN5O/c21-16-6-1-12(7-17(16)22)10-26-20(29)28-19-8-13(9-24)18(11-25-19)27-15-4-2-14(23)3-5-15/h1-9,11,24,27H,10H2,(H2,25,26,28,29). The highest BCUT2D eigenvalue weighted by Crippen LogP contribution is 2.23. The van der Waals surface area contributed by atoms with Gasteiger partial charge in [0.25, 0.3) is 0 Å². The first-order valence-electron chi connectivity index (χ1n) is 8.46. The van der Waals surface area contributed by atoms with Crippen LogP contribution in [0.5, 0.6) is 0 Å². The normalized spacial score (nSPS) is 10.3. The molecule has 29 heavy (non-hydrogen) atoms. The zero-order valence-corrected chi connectivity index (χ0v) is 16.5. The number of nitrogens with zero attached hydrogens (tertiary/aromatic N) is 1. The summed E-state index contributed by atoms with van der Waals surface area (Å²) in [6, 6.07) is 12.0. The van der Waals surface area contributed by atoms with Crippen molar-refractivity contribution in [1.82, 2.24) is 10.3 Å². The topological polar surface area (TPSA) is 89.9 Å². The number of benzene rings is 2. The molecular formula is C20H16Cl2FN5O. The molecule has 3 aromatic rings. The Morgan fingerprint density at radius 1 is 1.10 bits per heavy atom. The molecule has 4 N–H and O–H groups in total. The molecule has 2 aromatic carbocycles. The van der Waals surface area contributed by atoms with Crippen molar-refractivity contribution >= 4 is 52.6 Å². The van der Waals surface area contributed by atoms with E-state index in [9.17, 15) is 9.18 Å². The Morgan fingerprint density at radius 3 is 2.55 bits per heavy atom. The van der Waals surface area contributed by atoms with E-state index < -0.39 is 6.03 Å². The highest BCUT2D eigenvalue weighted by Gasteiger charge is 2.08. The molecule has 0 atom stereocenters. The van der Waals surface area contributed by atoms with E-state index in [1.807, 2.05) is 0 Å². The highest BCUT2D eigenvalue weighted by atomic mass is 35.5. The number of aromatic nitrogens is 1. The van der Waals surface area contributed by atoms with Gasteiger partial charge in [-0.1, -0.05) is 29.3 Å². The van der Waals surface area contributed by atoms with Crippen LogP contribution in [0, 0.1) is 11.2 Å². The number of pyridine rings is 1. The van der Waals surface area contributed by atoms with E-state index >= 15 is 0 Å². The van der Waals surface area contributed by atoms with Gasteiger partial charge in [-0.05, 0) is 48.0 Å². The zero-order valence-electron chi connectivity index (χ0n) is 15.0. The minimum absolute atomic E-state index is 0.254. The van der Waals surface area contributed by atoms with Crippen molar-refractivity contribution < 1.29 is 9.18 Å². The minimum Gasteiger partial charge on any atom is -0.354 e. The van der Waals surface area contributed by atoms with Crippen LogP contribution in [0.4, 0.5) is 26.4 Å². The molecule has 1 aromatic heterocycles. The molecule has 0 aliphatic carbocycles. The number of carbonyl (C=O) groups excluding carboxylic acids is 1. The van der Waals surface area contributed by atoms with Gasteiger partial charge in [0.15, 0.2) is 0 Å². The molecular weight excluding hydrogens is 416 g/mol. The highest BCUT2D eigenvalue weighted by molar-refractivity contribution is 6.42. The van der Waals surface area contributed by atoms with E-state index in [0.29, 0.717) is 27.0 Å². The van der Waals surface area contributed by atoms with E-state index in [1.165, 1.54) is 18.3 Å². The van der Waals surface area contributed by atoms with Gasteiger partial charge < -0.3 is 16.0 Å².